The predicted molar refractivity (Wildman–Crippen MR) is 108 cm³/mol. The van der Waals surface area contributed by atoms with Gasteiger partial charge in [-0.05, 0) is 30.7 Å². The summed E-state index contributed by atoms with van der Waals surface area (Å²) in [7, 11) is -2.18. The fourth-order valence-electron chi connectivity index (χ4n) is 2.82. The monoisotopic (exact) mass is 420 g/mol. The van der Waals surface area contributed by atoms with E-state index in [0.29, 0.717) is 22.0 Å². The van der Waals surface area contributed by atoms with Crippen molar-refractivity contribution in [1.29, 1.82) is 0 Å². The van der Waals surface area contributed by atoms with Gasteiger partial charge in [0.1, 0.15) is 10.6 Å². The van der Waals surface area contributed by atoms with Crippen molar-refractivity contribution >= 4 is 21.4 Å². The van der Waals surface area contributed by atoms with E-state index in [1.165, 1.54) is 35.9 Å². The van der Waals surface area contributed by atoms with Gasteiger partial charge in [-0.2, -0.15) is 0 Å². The number of benzene rings is 2. The van der Waals surface area contributed by atoms with Crippen LogP contribution >= 0.6 is 11.6 Å². The average Bonchev–Trinajstić information content (AvgIpc) is 2.62. The molecule has 0 bridgehead atoms. The van der Waals surface area contributed by atoms with Crippen LogP contribution < -0.4 is 16.0 Å². The highest BCUT2D eigenvalue weighted by Crippen LogP contribution is 2.29. The lowest BCUT2D eigenvalue weighted by molar-refractivity contribution is 0.402. The number of nitrogens with one attached hydrogen (secondary N) is 1. The number of halogens is 1. The third kappa shape index (κ3) is 3.74. The maximum atomic E-state index is 12.6. The van der Waals surface area contributed by atoms with Crippen molar-refractivity contribution in [2.24, 2.45) is 0 Å². The average molecular weight is 421 g/mol. The van der Waals surface area contributed by atoms with Gasteiger partial charge in [0, 0.05) is 29.0 Å². The molecule has 0 radical (unpaired) electrons. The number of H-pyrrole nitrogens is 1. The van der Waals surface area contributed by atoms with Gasteiger partial charge in [0.2, 0.25) is 0 Å². The number of aromatic nitrogens is 2. The SMILES string of the molecule is COc1cc(-n2c(-c3ccc(C)c(Cl)c3)cc(=O)[nH]c2=O)ccc1S(C)(=O)=O. The smallest absolute Gasteiger partial charge is 0.333 e. The molecule has 0 aliphatic heterocycles. The first-order valence-electron chi connectivity index (χ1n) is 8.13. The maximum absolute atomic E-state index is 12.6. The van der Waals surface area contributed by atoms with Crippen LogP contribution in [0, 0.1) is 6.92 Å². The Balaban J connectivity index is 2.33. The number of nitrogens with zero attached hydrogens (tertiary/aromatic N) is 1. The molecule has 2 aromatic carbocycles. The van der Waals surface area contributed by atoms with Crippen molar-refractivity contribution in [3.63, 3.8) is 0 Å². The first-order valence-corrected chi connectivity index (χ1v) is 10.4. The van der Waals surface area contributed by atoms with Gasteiger partial charge in [-0.15, -0.1) is 0 Å². The Labute approximate surface area is 166 Å². The van der Waals surface area contributed by atoms with Crippen LogP contribution in [0.15, 0.2) is 56.9 Å². The third-order valence-corrected chi connectivity index (χ3v) is 5.76. The quantitative estimate of drug-likeness (QED) is 0.699. The minimum Gasteiger partial charge on any atom is -0.495 e. The van der Waals surface area contributed by atoms with E-state index in [0.717, 1.165) is 11.8 Å². The minimum atomic E-state index is -3.52. The molecule has 1 aromatic heterocycles. The molecule has 1 heterocycles. The molecule has 1 N–H and O–H groups in total. The summed E-state index contributed by atoms with van der Waals surface area (Å²) >= 11 is 6.20. The molecule has 28 heavy (non-hydrogen) atoms. The van der Waals surface area contributed by atoms with Crippen LogP contribution in [0.4, 0.5) is 0 Å². The number of hydrogen-bond donors (Lipinski definition) is 1. The second-order valence-electron chi connectivity index (χ2n) is 6.23. The van der Waals surface area contributed by atoms with Crippen molar-refractivity contribution in [1.82, 2.24) is 9.55 Å². The van der Waals surface area contributed by atoms with Crippen LogP contribution in [0.25, 0.3) is 16.9 Å². The molecule has 0 atom stereocenters. The molecule has 0 aliphatic rings. The fraction of sp³-hybridized carbons (Fsp3) is 0.158. The lowest BCUT2D eigenvalue weighted by Gasteiger charge is -2.15. The summed E-state index contributed by atoms with van der Waals surface area (Å²) in [5.74, 6) is 0.0889. The highest BCUT2D eigenvalue weighted by molar-refractivity contribution is 7.90. The van der Waals surface area contributed by atoms with Gasteiger partial charge < -0.3 is 4.74 Å². The molecule has 0 unspecified atom stereocenters. The van der Waals surface area contributed by atoms with Gasteiger partial charge in [-0.25, -0.2) is 13.2 Å². The van der Waals surface area contributed by atoms with Crippen molar-refractivity contribution in [2.75, 3.05) is 13.4 Å². The van der Waals surface area contributed by atoms with Gasteiger partial charge >= 0.3 is 5.69 Å². The van der Waals surface area contributed by atoms with Gasteiger partial charge in [0.05, 0.1) is 18.5 Å². The number of aryl methyl sites for hydroxylation is 1. The molecular weight excluding hydrogens is 404 g/mol. The van der Waals surface area contributed by atoms with E-state index < -0.39 is 21.1 Å². The van der Waals surface area contributed by atoms with Crippen LogP contribution in [-0.2, 0) is 9.84 Å². The zero-order chi connectivity index (χ0) is 20.6. The molecule has 0 amide bonds. The minimum absolute atomic E-state index is 0.00356. The Bertz CT molecular complexity index is 1290. The first kappa shape index (κ1) is 19.9. The molecule has 146 valence electrons. The third-order valence-electron chi connectivity index (χ3n) is 4.21. The Morgan fingerprint density at radius 1 is 1.07 bits per heavy atom. The molecular formula is C19H17ClN2O5S. The topological polar surface area (TPSA) is 98.2 Å². The van der Waals surface area contributed by atoms with Crippen LogP contribution in [0.3, 0.4) is 0 Å². The number of methoxy groups -OCH3 is 1. The number of ether oxygens (including phenoxy) is 1. The van der Waals surface area contributed by atoms with E-state index in [1.807, 2.05) is 6.92 Å². The Morgan fingerprint density at radius 2 is 1.79 bits per heavy atom. The lowest BCUT2D eigenvalue weighted by atomic mass is 10.1. The summed E-state index contributed by atoms with van der Waals surface area (Å²) < 4.78 is 30.3. The van der Waals surface area contributed by atoms with Crippen molar-refractivity contribution in [3.8, 4) is 22.7 Å². The van der Waals surface area contributed by atoms with E-state index in [1.54, 1.807) is 18.2 Å². The Morgan fingerprint density at radius 3 is 2.39 bits per heavy atom. The number of hydrogen-bond acceptors (Lipinski definition) is 5. The maximum Gasteiger partial charge on any atom is 0.333 e. The van der Waals surface area contributed by atoms with Crippen LogP contribution in [-0.4, -0.2) is 31.3 Å². The van der Waals surface area contributed by atoms with E-state index >= 15 is 0 Å². The molecule has 3 aromatic rings. The van der Waals surface area contributed by atoms with Crippen LogP contribution in [0.5, 0.6) is 5.75 Å². The second-order valence-corrected chi connectivity index (χ2v) is 8.62. The highest BCUT2D eigenvalue weighted by Gasteiger charge is 2.18. The van der Waals surface area contributed by atoms with Gasteiger partial charge in [0.25, 0.3) is 5.56 Å². The van der Waals surface area contributed by atoms with Crippen molar-refractivity contribution in [3.05, 3.63) is 73.9 Å². The largest absolute Gasteiger partial charge is 0.495 e. The summed E-state index contributed by atoms with van der Waals surface area (Å²) in [6.45, 7) is 1.84. The summed E-state index contributed by atoms with van der Waals surface area (Å²) in [5, 5.41) is 0.488. The molecule has 0 saturated heterocycles. The second kappa shape index (κ2) is 7.29. The van der Waals surface area contributed by atoms with Crippen molar-refractivity contribution in [2.45, 2.75) is 11.8 Å². The molecule has 9 heteroatoms. The van der Waals surface area contributed by atoms with Crippen LogP contribution in [0.1, 0.15) is 5.56 Å². The Hall–Kier alpha value is -2.84. The van der Waals surface area contributed by atoms with E-state index in [4.69, 9.17) is 16.3 Å². The number of aromatic amines is 1. The van der Waals surface area contributed by atoms with Gasteiger partial charge in [0.15, 0.2) is 9.84 Å². The van der Waals surface area contributed by atoms with Crippen molar-refractivity contribution < 1.29 is 13.2 Å². The highest BCUT2D eigenvalue weighted by atomic mass is 35.5. The molecule has 0 saturated carbocycles. The molecule has 0 fully saturated rings. The predicted octanol–water partition coefficient (Wildman–Crippen LogP) is 2.57. The van der Waals surface area contributed by atoms with E-state index in [2.05, 4.69) is 4.98 Å². The van der Waals surface area contributed by atoms with E-state index in [-0.39, 0.29) is 10.6 Å². The molecule has 7 nitrogen and oxygen atoms in total. The zero-order valence-corrected chi connectivity index (χ0v) is 16.9. The summed E-state index contributed by atoms with van der Waals surface area (Å²) in [6, 6.07) is 10.7. The van der Waals surface area contributed by atoms with Gasteiger partial charge in [-0.1, -0.05) is 23.7 Å². The summed E-state index contributed by atoms with van der Waals surface area (Å²) in [4.78, 5) is 26.7. The molecule has 0 spiro atoms. The fourth-order valence-corrected chi connectivity index (χ4v) is 3.82. The summed E-state index contributed by atoms with van der Waals surface area (Å²) in [6.07, 6.45) is 1.07. The zero-order valence-electron chi connectivity index (χ0n) is 15.3. The lowest BCUT2D eigenvalue weighted by Crippen LogP contribution is -2.29. The van der Waals surface area contributed by atoms with Crippen LogP contribution in [0.2, 0.25) is 5.02 Å². The standard InChI is InChI=1S/C19H17ClN2O5S/c1-11-4-5-12(8-14(11)20)15-10-18(23)21-19(24)22(15)13-6-7-17(28(3,25)26)16(9-13)27-2/h4-10H,1-3H3,(H,21,23,24). The number of sulfone groups is 1. The van der Waals surface area contributed by atoms with E-state index in [9.17, 15) is 18.0 Å². The molecule has 0 aliphatic carbocycles. The molecule has 3 rings (SSSR count). The first-order chi connectivity index (χ1) is 13.1. The Kier molecular flexibility index (Phi) is 5.18. The normalized spacial score (nSPS) is 11.4. The van der Waals surface area contributed by atoms with Gasteiger partial charge in [-0.3, -0.25) is 14.3 Å². The number of rotatable bonds is 4. The summed E-state index contributed by atoms with van der Waals surface area (Å²) in [5.41, 5.74) is 0.816.